The third-order valence-corrected chi connectivity index (χ3v) is 3.29. The topological polar surface area (TPSA) is 29.1 Å². The summed E-state index contributed by atoms with van der Waals surface area (Å²) in [5, 5.41) is 2.99. The highest BCUT2D eigenvalue weighted by molar-refractivity contribution is 5.79. The number of hydrogen-bond donors (Lipinski definition) is 1. The standard InChI is InChI=1S/C19H31NO/c1-18(2,3)13-7-8-15-9-11-16(12-10-15)14-17(21)20-19(4,5)6/h9-12H,7-8,13-14H2,1-6H3,(H,20,21). The molecular formula is C19H31NO. The molecule has 1 amide bonds. The van der Waals surface area contributed by atoms with E-state index >= 15 is 0 Å². The quantitative estimate of drug-likeness (QED) is 0.849. The molecule has 1 rings (SSSR count). The number of carbonyl (C=O) groups excluding carboxylic acids is 1. The van der Waals surface area contributed by atoms with Gasteiger partial charge in [-0.2, -0.15) is 0 Å². The maximum atomic E-state index is 11.9. The monoisotopic (exact) mass is 289 g/mol. The van der Waals surface area contributed by atoms with Gasteiger partial charge >= 0.3 is 0 Å². The predicted molar refractivity (Wildman–Crippen MR) is 90.4 cm³/mol. The molecule has 21 heavy (non-hydrogen) atoms. The van der Waals surface area contributed by atoms with Crippen LogP contribution in [0.5, 0.6) is 0 Å². The molecular weight excluding hydrogens is 258 g/mol. The summed E-state index contributed by atoms with van der Waals surface area (Å²) < 4.78 is 0. The average molecular weight is 289 g/mol. The Balaban J connectivity index is 2.45. The number of nitrogens with one attached hydrogen (secondary N) is 1. The number of hydrogen-bond acceptors (Lipinski definition) is 1. The molecule has 0 saturated heterocycles. The van der Waals surface area contributed by atoms with Gasteiger partial charge in [-0.1, -0.05) is 45.0 Å². The van der Waals surface area contributed by atoms with Crippen LogP contribution in [0.25, 0.3) is 0 Å². The summed E-state index contributed by atoms with van der Waals surface area (Å²) in [5.41, 5.74) is 2.69. The van der Waals surface area contributed by atoms with Crippen LogP contribution in [-0.2, 0) is 17.6 Å². The van der Waals surface area contributed by atoms with Crippen LogP contribution in [0.3, 0.4) is 0 Å². The molecule has 2 heteroatoms. The van der Waals surface area contributed by atoms with Gasteiger partial charge < -0.3 is 5.32 Å². The van der Waals surface area contributed by atoms with Gasteiger partial charge in [0.15, 0.2) is 0 Å². The number of amides is 1. The van der Waals surface area contributed by atoms with Crippen molar-refractivity contribution < 1.29 is 4.79 Å². The van der Waals surface area contributed by atoms with Crippen LogP contribution in [0.1, 0.15) is 65.5 Å². The van der Waals surface area contributed by atoms with Crippen molar-refractivity contribution in [3.8, 4) is 0 Å². The SMILES string of the molecule is CC(C)(C)CCCc1ccc(CC(=O)NC(C)(C)C)cc1. The van der Waals surface area contributed by atoms with Crippen LogP contribution >= 0.6 is 0 Å². The van der Waals surface area contributed by atoms with Crippen LogP contribution in [0, 0.1) is 5.41 Å². The van der Waals surface area contributed by atoms with E-state index in [2.05, 4.69) is 50.4 Å². The fourth-order valence-corrected chi connectivity index (χ4v) is 2.29. The minimum Gasteiger partial charge on any atom is -0.351 e. The zero-order valence-corrected chi connectivity index (χ0v) is 14.5. The third kappa shape index (κ3) is 8.54. The van der Waals surface area contributed by atoms with Gasteiger partial charge in [0.2, 0.25) is 5.91 Å². The fraction of sp³-hybridized carbons (Fsp3) is 0.632. The highest BCUT2D eigenvalue weighted by Crippen LogP contribution is 2.22. The van der Waals surface area contributed by atoms with Crippen LogP contribution in [0.2, 0.25) is 0 Å². The molecule has 0 spiro atoms. The number of rotatable bonds is 5. The van der Waals surface area contributed by atoms with Gasteiger partial charge in [0.05, 0.1) is 6.42 Å². The average Bonchev–Trinajstić information content (AvgIpc) is 2.27. The van der Waals surface area contributed by atoms with Crippen molar-refractivity contribution in [2.24, 2.45) is 5.41 Å². The van der Waals surface area contributed by atoms with E-state index < -0.39 is 0 Å². The second kappa shape index (κ2) is 7.11. The molecule has 0 saturated carbocycles. The zero-order chi connectivity index (χ0) is 16.1. The smallest absolute Gasteiger partial charge is 0.224 e. The van der Waals surface area contributed by atoms with Crippen molar-refractivity contribution in [1.29, 1.82) is 0 Å². The summed E-state index contributed by atoms with van der Waals surface area (Å²) >= 11 is 0. The van der Waals surface area contributed by atoms with Crippen molar-refractivity contribution in [2.75, 3.05) is 0 Å². The molecule has 0 aliphatic carbocycles. The summed E-state index contributed by atoms with van der Waals surface area (Å²) in [7, 11) is 0. The minimum atomic E-state index is -0.163. The molecule has 1 aromatic carbocycles. The second-order valence-corrected chi connectivity index (χ2v) is 8.21. The van der Waals surface area contributed by atoms with Crippen molar-refractivity contribution in [3.63, 3.8) is 0 Å². The van der Waals surface area contributed by atoms with Gasteiger partial charge in [-0.05, 0) is 56.6 Å². The van der Waals surface area contributed by atoms with Gasteiger partial charge in [0.25, 0.3) is 0 Å². The Morgan fingerprint density at radius 1 is 0.952 bits per heavy atom. The van der Waals surface area contributed by atoms with E-state index in [0.29, 0.717) is 11.8 Å². The van der Waals surface area contributed by atoms with E-state index in [1.807, 2.05) is 20.8 Å². The summed E-state index contributed by atoms with van der Waals surface area (Å²) in [4.78, 5) is 11.9. The molecule has 0 radical (unpaired) electrons. The second-order valence-electron chi connectivity index (χ2n) is 8.21. The lowest BCUT2D eigenvalue weighted by Crippen LogP contribution is -2.41. The normalized spacial score (nSPS) is 12.3. The van der Waals surface area contributed by atoms with Gasteiger partial charge in [-0.3, -0.25) is 4.79 Å². The fourth-order valence-electron chi connectivity index (χ4n) is 2.29. The first kappa shape index (κ1) is 17.7. The van der Waals surface area contributed by atoms with Crippen LogP contribution in [0.4, 0.5) is 0 Å². The van der Waals surface area contributed by atoms with E-state index in [1.165, 1.54) is 18.4 Å². The summed E-state index contributed by atoms with van der Waals surface area (Å²) in [6, 6.07) is 8.47. The van der Waals surface area contributed by atoms with Crippen molar-refractivity contribution >= 4 is 5.91 Å². The van der Waals surface area contributed by atoms with Gasteiger partial charge in [0, 0.05) is 5.54 Å². The van der Waals surface area contributed by atoms with Crippen molar-refractivity contribution in [3.05, 3.63) is 35.4 Å². The molecule has 0 aliphatic rings. The summed E-state index contributed by atoms with van der Waals surface area (Å²) in [6.07, 6.45) is 4.03. The molecule has 0 heterocycles. The summed E-state index contributed by atoms with van der Waals surface area (Å²) in [5.74, 6) is 0.0861. The first-order valence-corrected chi connectivity index (χ1v) is 7.94. The van der Waals surface area contributed by atoms with Crippen LogP contribution in [0.15, 0.2) is 24.3 Å². The Bertz CT molecular complexity index is 446. The molecule has 0 fully saturated rings. The lowest BCUT2D eigenvalue weighted by molar-refractivity contribution is -0.121. The molecule has 0 bridgehead atoms. The van der Waals surface area contributed by atoms with E-state index in [0.717, 1.165) is 12.0 Å². The molecule has 118 valence electrons. The van der Waals surface area contributed by atoms with Crippen molar-refractivity contribution in [2.45, 2.75) is 72.8 Å². The Hall–Kier alpha value is -1.31. The maximum Gasteiger partial charge on any atom is 0.224 e. The lowest BCUT2D eigenvalue weighted by Gasteiger charge is -2.20. The van der Waals surface area contributed by atoms with Crippen LogP contribution < -0.4 is 5.32 Å². The molecule has 1 N–H and O–H groups in total. The molecule has 0 atom stereocenters. The highest BCUT2D eigenvalue weighted by Gasteiger charge is 2.14. The first-order chi connectivity index (χ1) is 9.55. The molecule has 1 aromatic rings. The number of carbonyl (C=O) groups is 1. The Morgan fingerprint density at radius 3 is 1.95 bits per heavy atom. The van der Waals surface area contributed by atoms with E-state index in [1.54, 1.807) is 0 Å². The van der Waals surface area contributed by atoms with Gasteiger partial charge in [-0.25, -0.2) is 0 Å². The van der Waals surface area contributed by atoms with Crippen LogP contribution in [-0.4, -0.2) is 11.4 Å². The first-order valence-electron chi connectivity index (χ1n) is 7.94. The Kier molecular flexibility index (Phi) is 6.00. The molecule has 0 unspecified atom stereocenters. The lowest BCUT2D eigenvalue weighted by atomic mass is 9.89. The van der Waals surface area contributed by atoms with E-state index in [4.69, 9.17) is 0 Å². The minimum absolute atomic E-state index is 0.0861. The zero-order valence-electron chi connectivity index (χ0n) is 14.5. The third-order valence-electron chi connectivity index (χ3n) is 3.29. The molecule has 0 aromatic heterocycles. The predicted octanol–water partition coefficient (Wildman–Crippen LogP) is 4.51. The Labute approximate surface area is 130 Å². The van der Waals surface area contributed by atoms with Gasteiger partial charge in [-0.15, -0.1) is 0 Å². The summed E-state index contributed by atoms with van der Waals surface area (Å²) in [6.45, 7) is 12.9. The van der Waals surface area contributed by atoms with E-state index in [-0.39, 0.29) is 11.4 Å². The van der Waals surface area contributed by atoms with Crippen molar-refractivity contribution in [1.82, 2.24) is 5.32 Å². The maximum absolute atomic E-state index is 11.9. The molecule has 0 aliphatic heterocycles. The largest absolute Gasteiger partial charge is 0.351 e. The Morgan fingerprint density at radius 2 is 1.48 bits per heavy atom. The number of benzene rings is 1. The highest BCUT2D eigenvalue weighted by atomic mass is 16.1. The van der Waals surface area contributed by atoms with E-state index in [9.17, 15) is 4.79 Å². The number of aryl methyl sites for hydroxylation is 1. The van der Waals surface area contributed by atoms with Gasteiger partial charge in [0.1, 0.15) is 0 Å². The molecule has 2 nitrogen and oxygen atoms in total.